The van der Waals surface area contributed by atoms with Gasteiger partial charge in [-0.3, -0.25) is 9.69 Å². The molecule has 0 saturated carbocycles. The summed E-state index contributed by atoms with van der Waals surface area (Å²) in [6.45, 7) is 3.05. The molecule has 0 bridgehead atoms. The van der Waals surface area contributed by atoms with E-state index in [0.29, 0.717) is 23.1 Å². The maximum atomic E-state index is 11.4. The standard InChI is InChI=1S/C24H25N7O/c25-21(32)17-6-8-18(9-7-17)22-29-23-20(26-15-27-23)24(30-22)28-19-10-12-31(13-11-19)14-16-4-2-1-3-5-16/h1-9,15,19H,10-14H2,(H2,25,32)(H2,26,27,28,29,30). The second kappa shape index (κ2) is 8.76. The van der Waals surface area contributed by atoms with Crippen molar-refractivity contribution < 1.29 is 4.79 Å². The number of nitrogens with one attached hydrogen (secondary N) is 2. The van der Waals surface area contributed by atoms with Gasteiger partial charge in [0.05, 0.1) is 6.33 Å². The van der Waals surface area contributed by atoms with Gasteiger partial charge >= 0.3 is 0 Å². The zero-order valence-corrected chi connectivity index (χ0v) is 17.7. The topological polar surface area (TPSA) is 113 Å². The minimum Gasteiger partial charge on any atom is -0.366 e. The van der Waals surface area contributed by atoms with Gasteiger partial charge in [-0.2, -0.15) is 0 Å². The molecule has 5 rings (SSSR count). The maximum absolute atomic E-state index is 11.4. The molecule has 3 heterocycles. The molecule has 4 N–H and O–H groups in total. The molecule has 32 heavy (non-hydrogen) atoms. The number of piperidine rings is 1. The quantitative estimate of drug-likeness (QED) is 0.436. The first-order valence-electron chi connectivity index (χ1n) is 10.8. The number of primary amides is 1. The third-order valence-corrected chi connectivity index (χ3v) is 5.89. The highest BCUT2D eigenvalue weighted by Crippen LogP contribution is 2.25. The Balaban J connectivity index is 1.31. The van der Waals surface area contributed by atoms with Gasteiger partial charge in [-0.1, -0.05) is 42.5 Å². The molecule has 1 aliphatic heterocycles. The van der Waals surface area contributed by atoms with Crippen molar-refractivity contribution >= 4 is 22.9 Å². The highest BCUT2D eigenvalue weighted by molar-refractivity contribution is 5.93. The van der Waals surface area contributed by atoms with Gasteiger partial charge in [0.1, 0.15) is 5.52 Å². The fourth-order valence-corrected chi connectivity index (χ4v) is 4.12. The number of amides is 1. The van der Waals surface area contributed by atoms with Gasteiger partial charge in [0.2, 0.25) is 5.91 Å². The van der Waals surface area contributed by atoms with Crippen LogP contribution in [0, 0.1) is 0 Å². The molecule has 2 aromatic carbocycles. The Bertz CT molecular complexity index is 1210. The minimum atomic E-state index is -0.457. The SMILES string of the molecule is NC(=O)c1ccc(-c2nc(NC3CCN(Cc4ccccc4)CC3)c3[nH]cnc3n2)cc1. The molecule has 1 amide bonds. The first-order valence-corrected chi connectivity index (χ1v) is 10.8. The summed E-state index contributed by atoms with van der Waals surface area (Å²) in [5, 5.41) is 3.61. The summed E-state index contributed by atoms with van der Waals surface area (Å²) in [6.07, 6.45) is 3.71. The number of carbonyl (C=O) groups is 1. The van der Waals surface area contributed by atoms with Crippen molar-refractivity contribution in [2.24, 2.45) is 5.73 Å². The summed E-state index contributed by atoms with van der Waals surface area (Å²) in [6, 6.07) is 17.9. The first-order chi connectivity index (χ1) is 15.7. The Labute approximate surface area is 185 Å². The van der Waals surface area contributed by atoms with Crippen LogP contribution in [0.3, 0.4) is 0 Å². The lowest BCUT2D eigenvalue weighted by Gasteiger charge is -2.32. The van der Waals surface area contributed by atoms with Crippen molar-refractivity contribution in [2.45, 2.75) is 25.4 Å². The van der Waals surface area contributed by atoms with Crippen LogP contribution in [0.4, 0.5) is 5.82 Å². The molecular weight excluding hydrogens is 402 g/mol. The van der Waals surface area contributed by atoms with Crippen molar-refractivity contribution in [3.63, 3.8) is 0 Å². The van der Waals surface area contributed by atoms with Crippen LogP contribution < -0.4 is 11.1 Å². The van der Waals surface area contributed by atoms with Crippen LogP contribution in [0.1, 0.15) is 28.8 Å². The van der Waals surface area contributed by atoms with Gasteiger partial charge in [-0.25, -0.2) is 15.0 Å². The van der Waals surface area contributed by atoms with Gasteiger partial charge in [0.15, 0.2) is 17.3 Å². The Morgan fingerprint density at radius 3 is 2.53 bits per heavy atom. The molecule has 1 aliphatic rings. The zero-order valence-electron chi connectivity index (χ0n) is 17.7. The van der Waals surface area contributed by atoms with Crippen LogP contribution in [0.15, 0.2) is 60.9 Å². The maximum Gasteiger partial charge on any atom is 0.248 e. The third-order valence-electron chi connectivity index (χ3n) is 5.89. The van der Waals surface area contributed by atoms with E-state index in [2.05, 4.69) is 55.5 Å². The van der Waals surface area contributed by atoms with Crippen LogP contribution in [-0.4, -0.2) is 49.9 Å². The molecule has 0 spiro atoms. The van der Waals surface area contributed by atoms with Crippen molar-refractivity contribution in [2.75, 3.05) is 18.4 Å². The molecule has 162 valence electrons. The lowest BCUT2D eigenvalue weighted by Crippen LogP contribution is -2.38. The Morgan fingerprint density at radius 1 is 1.06 bits per heavy atom. The number of nitrogens with zero attached hydrogens (tertiary/aromatic N) is 4. The van der Waals surface area contributed by atoms with Crippen molar-refractivity contribution in [3.8, 4) is 11.4 Å². The first kappa shape index (κ1) is 20.1. The van der Waals surface area contributed by atoms with Crippen LogP contribution in [0.5, 0.6) is 0 Å². The number of aromatic nitrogens is 4. The molecule has 2 aromatic heterocycles. The second-order valence-corrected chi connectivity index (χ2v) is 8.12. The molecule has 0 atom stereocenters. The summed E-state index contributed by atoms with van der Waals surface area (Å²) in [7, 11) is 0. The van der Waals surface area contributed by atoms with Crippen LogP contribution in [-0.2, 0) is 6.54 Å². The predicted octanol–water partition coefficient (Wildman–Crippen LogP) is 3.20. The minimum absolute atomic E-state index is 0.327. The summed E-state index contributed by atoms with van der Waals surface area (Å²) in [5.41, 5.74) is 9.36. The average molecular weight is 428 g/mol. The predicted molar refractivity (Wildman–Crippen MR) is 124 cm³/mol. The van der Waals surface area contributed by atoms with E-state index in [1.807, 2.05) is 0 Å². The number of hydrogen-bond acceptors (Lipinski definition) is 6. The number of carbonyl (C=O) groups excluding carboxylic acids is 1. The lowest BCUT2D eigenvalue weighted by molar-refractivity contribution is 0.100. The van der Waals surface area contributed by atoms with Crippen molar-refractivity contribution in [1.82, 2.24) is 24.8 Å². The van der Waals surface area contributed by atoms with Crippen molar-refractivity contribution in [3.05, 3.63) is 72.1 Å². The van der Waals surface area contributed by atoms with Gasteiger partial charge < -0.3 is 16.0 Å². The number of imidazole rings is 1. The molecule has 1 saturated heterocycles. The largest absolute Gasteiger partial charge is 0.366 e. The Morgan fingerprint density at radius 2 is 1.81 bits per heavy atom. The summed E-state index contributed by atoms with van der Waals surface area (Å²) in [4.78, 5) is 30.7. The van der Waals surface area contributed by atoms with Gasteiger partial charge in [-0.05, 0) is 30.5 Å². The molecular formula is C24H25N7O. The molecule has 8 nitrogen and oxygen atoms in total. The van der Waals surface area contributed by atoms with E-state index < -0.39 is 5.91 Å². The van der Waals surface area contributed by atoms with Crippen LogP contribution in [0.2, 0.25) is 0 Å². The lowest BCUT2D eigenvalue weighted by atomic mass is 10.0. The fraction of sp³-hybridized carbons (Fsp3) is 0.250. The van der Waals surface area contributed by atoms with Crippen LogP contribution in [0.25, 0.3) is 22.6 Å². The van der Waals surface area contributed by atoms with Gasteiger partial charge in [0.25, 0.3) is 0 Å². The summed E-state index contributed by atoms with van der Waals surface area (Å²) >= 11 is 0. The zero-order chi connectivity index (χ0) is 21.9. The number of likely N-dealkylation sites (tertiary alicyclic amines) is 1. The number of benzene rings is 2. The highest BCUT2D eigenvalue weighted by atomic mass is 16.1. The molecule has 0 unspecified atom stereocenters. The van der Waals surface area contributed by atoms with Gasteiger partial charge in [-0.15, -0.1) is 0 Å². The molecule has 4 aromatic rings. The number of rotatable bonds is 6. The Hall–Kier alpha value is -3.78. The Kier molecular flexibility index (Phi) is 5.51. The van der Waals surface area contributed by atoms with E-state index in [-0.39, 0.29) is 0 Å². The fourth-order valence-electron chi connectivity index (χ4n) is 4.12. The second-order valence-electron chi connectivity index (χ2n) is 8.12. The summed E-state index contributed by atoms with van der Waals surface area (Å²) in [5.74, 6) is 0.855. The number of fused-ring (bicyclic) bond motifs is 1. The molecule has 0 radical (unpaired) electrons. The molecule has 0 aliphatic carbocycles. The summed E-state index contributed by atoms with van der Waals surface area (Å²) < 4.78 is 0. The number of nitrogens with two attached hydrogens (primary N) is 1. The van der Waals surface area contributed by atoms with Crippen LogP contribution >= 0.6 is 0 Å². The van der Waals surface area contributed by atoms with E-state index in [1.165, 1.54) is 5.56 Å². The van der Waals surface area contributed by atoms with E-state index in [1.54, 1.807) is 30.6 Å². The molecule has 1 fully saturated rings. The number of H-pyrrole nitrogens is 1. The molecule has 8 heteroatoms. The van der Waals surface area contributed by atoms with E-state index in [0.717, 1.165) is 49.4 Å². The van der Waals surface area contributed by atoms with Crippen molar-refractivity contribution in [1.29, 1.82) is 0 Å². The monoisotopic (exact) mass is 427 g/mol. The van der Waals surface area contributed by atoms with Gasteiger partial charge in [0, 0.05) is 36.8 Å². The third kappa shape index (κ3) is 4.31. The highest BCUT2D eigenvalue weighted by Gasteiger charge is 2.21. The normalized spacial score (nSPS) is 15.1. The van der Waals surface area contributed by atoms with E-state index >= 15 is 0 Å². The van der Waals surface area contributed by atoms with E-state index in [4.69, 9.17) is 10.7 Å². The number of anilines is 1. The van der Waals surface area contributed by atoms with E-state index in [9.17, 15) is 4.79 Å². The average Bonchev–Trinajstić information content (AvgIpc) is 3.30. The number of hydrogen-bond donors (Lipinski definition) is 3. The smallest absolute Gasteiger partial charge is 0.248 e. The number of aromatic amines is 1.